The lowest BCUT2D eigenvalue weighted by Crippen LogP contribution is -3.19. The highest BCUT2D eigenvalue weighted by Crippen LogP contribution is 2.33. The number of quaternary nitrogens is 1. The minimum atomic E-state index is -4.54. The quantitative estimate of drug-likeness (QED) is 0.746. The Morgan fingerprint density at radius 1 is 1.00 bits per heavy atom. The number of ether oxygens (including phenoxy) is 1. The molecule has 164 valence electrons. The van der Waals surface area contributed by atoms with Crippen molar-refractivity contribution in [1.29, 1.82) is 0 Å². The molecule has 0 bridgehead atoms. The summed E-state index contributed by atoms with van der Waals surface area (Å²) >= 11 is 0. The first-order valence-electron chi connectivity index (χ1n) is 10.1. The first-order valence-corrected chi connectivity index (χ1v) is 10.1. The second-order valence-corrected chi connectivity index (χ2v) is 7.72. The highest BCUT2D eigenvalue weighted by atomic mass is 19.4. The number of carbonyl (C=O) groups is 2. The molecule has 0 aliphatic carbocycles. The standard InChI is InChI=1S/C22H22F3N3O3/c1-31-18-7-3-5-16(13-18)26-8-10-27(11-9-26)19-14-20(29)28(21(19)30)17-6-2-4-15(12-17)22(23,24)25/h2-7,12-13,19H,8-11,14H2,1H3/p+1/t19-/m0/s1. The van der Waals surface area contributed by atoms with E-state index in [1.165, 1.54) is 12.1 Å². The molecule has 31 heavy (non-hydrogen) atoms. The molecule has 2 aromatic rings. The summed E-state index contributed by atoms with van der Waals surface area (Å²) in [5.74, 6) is -0.133. The minimum absolute atomic E-state index is 0.00354. The van der Waals surface area contributed by atoms with Gasteiger partial charge >= 0.3 is 6.18 Å². The fraction of sp³-hybridized carbons (Fsp3) is 0.364. The van der Waals surface area contributed by atoms with Gasteiger partial charge in [-0.25, -0.2) is 4.90 Å². The van der Waals surface area contributed by atoms with Crippen LogP contribution in [0.15, 0.2) is 48.5 Å². The number of hydrogen-bond donors (Lipinski definition) is 1. The number of methoxy groups -OCH3 is 1. The van der Waals surface area contributed by atoms with Crippen LogP contribution in [0, 0.1) is 0 Å². The van der Waals surface area contributed by atoms with Crippen LogP contribution in [-0.4, -0.2) is 51.1 Å². The van der Waals surface area contributed by atoms with Crippen LogP contribution in [0.4, 0.5) is 24.5 Å². The van der Waals surface area contributed by atoms with E-state index in [0.29, 0.717) is 26.2 Å². The molecule has 1 N–H and O–H groups in total. The smallest absolute Gasteiger partial charge is 0.416 e. The van der Waals surface area contributed by atoms with E-state index in [2.05, 4.69) is 4.90 Å². The molecule has 0 spiro atoms. The molecule has 2 fully saturated rings. The average molecular weight is 434 g/mol. The summed E-state index contributed by atoms with van der Waals surface area (Å²) in [5, 5.41) is 0. The van der Waals surface area contributed by atoms with Gasteiger partial charge in [-0.05, 0) is 30.3 Å². The number of benzene rings is 2. The van der Waals surface area contributed by atoms with Gasteiger partial charge in [-0.15, -0.1) is 0 Å². The third-order valence-electron chi connectivity index (χ3n) is 5.90. The molecule has 0 saturated carbocycles. The lowest BCUT2D eigenvalue weighted by atomic mass is 10.1. The molecule has 2 aliphatic rings. The Labute approximate surface area is 177 Å². The number of imide groups is 1. The zero-order valence-corrected chi connectivity index (χ0v) is 17.0. The van der Waals surface area contributed by atoms with Gasteiger partial charge < -0.3 is 14.5 Å². The van der Waals surface area contributed by atoms with Crippen LogP contribution in [0.3, 0.4) is 0 Å². The van der Waals surface area contributed by atoms with Crippen molar-refractivity contribution < 1.29 is 32.4 Å². The Bertz CT molecular complexity index is 987. The molecule has 4 rings (SSSR count). The maximum atomic E-state index is 13.0. The van der Waals surface area contributed by atoms with Gasteiger partial charge in [0.2, 0.25) is 5.91 Å². The summed E-state index contributed by atoms with van der Waals surface area (Å²) < 4.78 is 44.4. The van der Waals surface area contributed by atoms with E-state index in [-0.39, 0.29) is 12.1 Å². The van der Waals surface area contributed by atoms with Crippen molar-refractivity contribution in [2.75, 3.05) is 43.1 Å². The van der Waals surface area contributed by atoms with Crippen LogP contribution in [0.5, 0.6) is 5.75 Å². The molecule has 2 heterocycles. The zero-order valence-electron chi connectivity index (χ0n) is 17.0. The van der Waals surface area contributed by atoms with Crippen molar-refractivity contribution in [3.8, 4) is 5.75 Å². The number of halogens is 3. The third kappa shape index (κ3) is 4.23. The molecule has 9 heteroatoms. The fourth-order valence-corrected chi connectivity index (χ4v) is 4.25. The van der Waals surface area contributed by atoms with E-state index in [9.17, 15) is 22.8 Å². The molecule has 2 aliphatic heterocycles. The monoisotopic (exact) mass is 434 g/mol. The van der Waals surface area contributed by atoms with E-state index < -0.39 is 29.6 Å². The van der Waals surface area contributed by atoms with Crippen LogP contribution in [0.1, 0.15) is 12.0 Å². The summed E-state index contributed by atoms with van der Waals surface area (Å²) in [6.45, 7) is 2.70. The first-order chi connectivity index (χ1) is 14.8. The number of nitrogens with one attached hydrogen (secondary N) is 1. The molecule has 2 saturated heterocycles. The highest BCUT2D eigenvalue weighted by Gasteiger charge is 2.46. The van der Waals surface area contributed by atoms with Crippen LogP contribution in [-0.2, 0) is 15.8 Å². The molecule has 0 aromatic heterocycles. The average Bonchev–Trinajstić information content (AvgIpc) is 3.07. The number of piperazine rings is 1. The van der Waals surface area contributed by atoms with Crippen molar-refractivity contribution in [3.63, 3.8) is 0 Å². The molecular weight excluding hydrogens is 411 g/mol. The first kappa shape index (κ1) is 21.2. The van der Waals surface area contributed by atoms with Gasteiger partial charge in [-0.2, -0.15) is 13.2 Å². The van der Waals surface area contributed by atoms with E-state index >= 15 is 0 Å². The van der Waals surface area contributed by atoms with Crippen molar-refractivity contribution in [3.05, 3.63) is 54.1 Å². The summed E-state index contributed by atoms with van der Waals surface area (Å²) in [6, 6.07) is 11.5. The van der Waals surface area contributed by atoms with Crippen molar-refractivity contribution in [1.82, 2.24) is 0 Å². The minimum Gasteiger partial charge on any atom is -0.497 e. The van der Waals surface area contributed by atoms with Gasteiger partial charge in [0.05, 0.1) is 51.0 Å². The Balaban J connectivity index is 1.45. The van der Waals surface area contributed by atoms with E-state index in [1.807, 2.05) is 24.3 Å². The number of hydrogen-bond acceptors (Lipinski definition) is 4. The lowest BCUT2D eigenvalue weighted by molar-refractivity contribution is -0.915. The molecule has 0 radical (unpaired) electrons. The van der Waals surface area contributed by atoms with Gasteiger partial charge in [-0.3, -0.25) is 9.59 Å². The number of alkyl halides is 3. The maximum absolute atomic E-state index is 13.0. The van der Waals surface area contributed by atoms with E-state index in [0.717, 1.165) is 33.4 Å². The van der Waals surface area contributed by atoms with Gasteiger partial charge in [0, 0.05) is 11.8 Å². The summed E-state index contributed by atoms with van der Waals surface area (Å²) in [7, 11) is 1.61. The normalized spacial score (nSPS) is 20.5. The Hall–Kier alpha value is -3.07. The van der Waals surface area contributed by atoms with Crippen LogP contribution < -0.4 is 19.4 Å². The van der Waals surface area contributed by atoms with Crippen LogP contribution >= 0.6 is 0 Å². The molecule has 1 atom stereocenters. The van der Waals surface area contributed by atoms with Crippen molar-refractivity contribution in [2.24, 2.45) is 0 Å². The van der Waals surface area contributed by atoms with E-state index in [1.54, 1.807) is 7.11 Å². The molecule has 2 aromatic carbocycles. The topological polar surface area (TPSA) is 54.3 Å². The summed E-state index contributed by atoms with van der Waals surface area (Å²) in [6.07, 6.45) is -4.54. The Morgan fingerprint density at radius 3 is 2.35 bits per heavy atom. The largest absolute Gasteiger partial charge is 0.497 e. The Kier molecular flexibility index (Phi) is 5.62. The molecule has 6 nitrogen and oxygen atoms in total. The third-order valence-corrected chi connectivity index (χ3v) is 5.90. The maximum Gasteiger partial charge on any atom is 0.416 e. The summed E-state index contributed by atoms with van der Waals surface area (Å²) in [4.78, 5) is 29.6. The van der Waals surface area contributed by atoms with E-state index in [4.69, 9.17) is 4.74 Å². The number of nitrogens with zero attached hydrogens (tertiary/aromatic N) is 2. The number of carbonyl (C=O) groups excluding carboxylic acids is 2. The predicted molar refractivity (Wildman–Crippen MR) is 108 cm³/mol. The van der Waals surface area contributed by atoms with Crippen molar-refractivity contribution >= 4 is 23.2 Å². The Morgan fingerprint density at radius 2 is 1.68 bits per heavy atom. The number of amides is 2. The van der Waals surface area contributed by atoms with Gasteiger partial charge in [0.15, 0.2) is 6.04 Å². The molecular formula is C22H23F3N3O3+. The second-order valence-electron chi connectivity index (χ2n) is 7.72. The van der Waals surface area contributed by atoms with Gasteiger partial charge in [0.1, 0.15) is 5.75 Å². The van der Waals surface area contributed by atoms with Crippen LogP contribution in [0.25, 0.3) is 0 Å². The van der Waals surface area contributed by atoms with Crippen molar-refractivity contribution in [2.45, 2.75) is 18.6 Å². The molecule has 2 amide bonds. The fourth-order valence-electron chi connectivity index (χ4n) is 4.25. The SMILES string of the molecule is COc1cccc(N2CC[NH+]([C@H]3CC(=O)N(c4cccc(C(F)(F)F)c4)C3=O)CC2)c1. The van der Waals surface area contributed by atoms with Gasteiger partial charge in [-0.1, -0.05) is 12.1 Å². The predicted octanol–water partition coefficient (Wildman–Crippen LogP) is 1.75. The highest BCUT2D eigenvalue weighted by molar-refractivity contribution is 6.21. The number of anilines is 2. The number of rotatable bonds is 4. The lowest BCUT2D eigenvalue weighted by Gasteiger charge is -2.35. The molecule has 0 unspecified atom stereocenters. The zero-order chi connectivity index (χ0) is 22.2. The summed E-state index contributed by atoms with van der Waals surface area (Å²) in [5.41, 5.74) is 0.118. The van der Waals surface area contributed by atoms with Crippen LogP contribution in [0.2, 0.25) is 0 Å². The second kappa shape index (κ2) is 8.22. The van der Waals surface area contributed by atoms with Gasteiger partial charge in [0.25, 0.3) is 5.91 Å².